The predicted octanol–water partition coefficient (Wildman–Crippen LogP) is 9.25. The zero-order chi connectivity index (χ0) is 33.5. The number of aliphatic hydroxyl groups excluding tert-OH is 1. The maximum absolute atomic E-state index is 14.4. The molecular formula is C35H49Cl2N3O3SSi. The zero-order valence-corrected chi connectivity index (χ0v) is 31.6. The lowest BCUT2D eigenvalue weighted by atomic mass is 9.81. The lowest BCUT2D eigenvalue weighted by Crippen LogP contribution is -2.44. The molecule has 2 heterocycles. The van der Waals surface area contributed by atoms with Gasteiger partial charge in [-0.05, 0) is 98.4 Å². The summed E-state index contributed by atoms with van der Waals surface area (Å²) in [6, 6.07) is 15.6. The Morgan fingerprint density at radius 3 is 2.13 bits per heavy atom. The summed E-state index contributed by atoms with van der Waals surface area (Å²) in [5.41, 5.74) is 2.45. The van der Waals surface area contributed by atoms with E-state index in [9.17, 15) is 9.90 Å². The van der Waals surface area contributed by atoms with E-state index in [1.165, 1.54) is 11.8 Å². The Morgan fingerprint density at radius 2 is 1.62 bits per heavy atom. The van der Waals surface area contributed by atoms with E-state index in [1.54, 1.807) is 0 Å². The summed E-state index contributed by atoms with van der Waals surface area (Å²) in [4.78, 5) is 24.5. The highest BCUT2D eigenvalue weighted by Gasteiger charge is 2.53. The third-order valence-electron chi connectivity index (χ3n) is 9.40. The van der Waals surface area contributed by atoms with Gasteiger partial charge in [-0.1, -0.05) is 82.1 Å². The number of amides is 1. The van der Waals surface area contributed by atoms with E-state index >= 15 is 0 Å². The average molecular weight is 691 g/mol. The van der Waals surface area contributed by atoms with Crippen molar-refractivity contribution >= 4 is 54.4 Å². The maximum Gasteiger partial charge on any atom is 0.262 e. The smallest absolute Gasteiger partial charge is 0.262 e. The molecule has 0 spiro atoms. The molecule has 0 aliphatic carbocycles. The number of hydrogen-bond acceptors (Lipinski definition) is 6. The van der Waals surface area contributed by atoms with Gasteiger partial charge in [0.05, 0.1) is 18.8 Å². The second kappa shape index (κ2) is 13.7. The number of aliphatic imine (C=N–C) groups is 1. The van der Waals surface area contributed by atoms with Gasteiger partial charge in [0.15, 0.2) is 13.5 Å². The third-order valence-corrected chi connectivity index (χ3v) is 15.5. The summed E-state index contributed by atoms with van der Waals surface area (Å²) in [6.07, 6.45) is -0.204. The van der Waals surface area contributed by atoms with E-state index in [0.717, 1.165) is 22.0 Å². The van der Waals surface area contributed by atoms with E-state index < -0.39 is 20.0 Å². The SMILES string of the molecule is CC(C)C1=C(C(=O)N(CC[C@H](O)CO[Si](C)(C)C(C)(C)C)C(C)C)SC2=N[C@@](C)(c3ccc(Cl)cc3)[C@@H](c3ccc(Cl)cc3)N21. The third kappa shape index (κ3) is 7.52. The fourth-order valence-corrected chi connectivity index (χ4v) is 8.34. The Kier molecular flexibility index (Phi) is 11.0. The molecule has 45 heavy (non-hydrogen) atoms. The molecular weight excluding hydrogens is 641 g/mol. The summed E-state index contributed by atoms with van der Waals surface area (Å²) >= 11 is 14.0. The molecule has 0 fully saturated rings. The van der Waals surface area contributed by atoms with Gasteiger partial charge in [-0.3, -0.25) is 4.79 Å². The summed E-state index contributed by atoms with van der Waals surface area (Å²) in [5.74, 6) is 0.0282. The average Bonchev–Trinajstić information content (AvgIpc) is 3.44. The topological polar surface area (TPSA) is 65.4 Å². The van der Waals surface area contributed by atoms with Crippen molar-refractivity contribution < 1.29 is 14.3 Å². The Balaban J connectivity index is 1.65. The molecule has 2 aliphatic heterocycles. The van der Waals surface area contributed by atoms with E-state index in [4.69, 9.17) is 32.6 Å². The first kappa shape index (κ1) is 36.0. The molecule has 1 amide bonds. The Bertz CT molecular complexity index is 1440. The lowest BCUT2D eigenvalue weighted by molar-refractivity contribution is -0.128. The number of hydrogen-bond donors (Lipinski definition) is 1. The monoisotopic (exact) mass is 689 g/mol. The first-order chi connectivity index (χ1) is 20.9. The van der Waals surface area contributed by atoms with E-state index in [2.05, 4.69) is 71.7 Å². The summed E-state index contributed by atoms with van der Waals surface area (Å²) in [6.45, 7) is 22.1. The molecule has 0 radical (unpaired) electrons. The van der Waals surface area contributed by atoms with Gasteiger partial charge in [0.2, 0.25) is 0 Å². The van der Waals surface area contributed by atoms with Crippen molar-refractivity contribution in [3.05, 3.63) is 80.3 Å². The molecule has 4 rings (SSSR count). The maximum atomic E-state index is 14.4. The number of benzene rings is 2. The van der Waals surface area contributed by atoms with Crippen LogP contribution in [0.3, 0.4) is 0 Å². The molecule has 0 aromatic heterocycles. The van der Waals surface area contributed by atoms with Crippen LogP contribution in [0.5, 0.6) is 0 Å². The number of allylic oxidation sites excluding steroid dienone is 1. The number of amidine groups is 1. The zero-order valence-electron chi connectivity index (χ0n) is 28.3. The molecule has 10 heteroatoms. The van der Waals surface area contributed by atoms with E-state index in [1.807, 2.05) is 55.1 Å². The van der Waals surface area contributed by atoms with Gasteiger partial charge in [-0.25, -0.2) is 4.99 Å². The quantitative estimate of drug-likeness (QED) is 0.238. The number of aliphatic hydroxyl groups is 1. The highest BCUT2D eigenvalue weighted by atomic mass is 35.5. The molecule has 0 bridgehead atoms. The van der Waals surface area contributed by atoms with Gasteiger partial charge >= 0.3 is 0 Å². The van der Waals surface area contributed by atoms with Crippen LogP contribution in [0.4, 0.5) is 0 Å². The molecule has 0 saturated heterocycles. The van der Waals surface area contributed by atoms with Crippen molar-refractivity contribution in [2.24, 2.45) is 10.9 Å². The number of thioether (sulfide) groups is 1. The molecule has 6 nitrogen and oxygen atoms in total. The van der Waals surface area contributed by atoms with E-state index in [-0.39, 0.29) is 35.6 Å². The van der Waals surface area contributed by atoms with Crippen LogP contribution in [0.15, 0.2) is 64.1 Å². The number of fused-ring (bicyclic) bond motifs is 1. The van der Waals surface area contributed by atoms with Crippen LogP contribution < -0.4 is 0 Å². The van der Waals surface area contributed by atoms with Crippen molar-refractivity contribution in [3.8, 4) is 0 Å². The van der Waals surface area contributed by atoms with Crippen LogP contribution in [0.25, 0.3) is 0 Å². The van der Waals surface area contributed by atoms with Crippen LogP contribution in [0, 0.1) is 5.92 Å². The van der Waals surface area contributed by atoms with Crippen molar-refractivity contribution in [1.29, 1.82) is 0 Å². The second-order valence-electron chi connectivity index (χ2n) is 14.5. The predicted molar refractivity (Wildman–Crippen MR) is 192 cm³/mol. The minimum Gasteiger partial charge on any atom is -0.414 e. The highest BCUT2D eigenvalue weighted by Crippen LogP contribution is 2.56. The molecule has 2 aliphatic rings. The van der Waals surface area contributed by atoms with Gasteiger partial charge in [0, 0.05) is 28.3 Å². The van der Waals surface area contributed by atoms with Crippen LogP contribution in [-0.2, 0) is 14.8 Å². The van der Waals surface area contributed by atoms with Crippen molar-refractivity contribution in [2.75, 3.05) is 13.2 Å². The molecule has 246 valence electrons. The number of halogens is 2. The highest BCUT2D eigenvalue weighted by molar-refractivity contribution is 8.18. The Morgan fingerprint density at radius 1 is 1.07 bits per heavy atom. The van der Waals surface area contributed by atoms with Crippen LogP contribution in [-0.4, -0.2) is 59.6 Å². The van der Waals surface area contributed by atoms with Gasteiger partial charge in [-0.15, -0.1) is 0 Å². The molecule has 3 atom stereocenters. The first-order valence-electron chi connectivity index (χ1n) is 15.8. The molecule has 1 N–H and O–H groups in total. The molecule has 2 aromatic rings. The number of rotatable bonds is 11. The normalized spacial score (nSPS) is 21.1. The number of carbonyl (C=O) groups is 1. The van der Waals surface area contributed by atoms with Gasteiger partial charge in [0.1, 0.15) is 10.4 Å². The number of carbonyl (C=O) groups excluding carboxylic acids is 1. The summed E-state index contributed by atoms with van der Waals surface area (Å²) in [7, 11) is -1.98. The van der Waals surface area contributed by atoms with Gasteiger partial charge in [-0.2, -0.15) is 0 Å². The molecule has 0 unspecified atom stereocenters. The Hall–Kier alpha value is -1.81. The lowest BCUT2D eigenvalue weighted by Gasteiger charge is -2.37. The van der Waals surface area contributed by atoms with E-state index in [0.29, 0.717) is 27.9 Å². The number of nitrogens with zero attached hydrogens (tertiary/aromatic N) is 3. The van der Waals surface area contributed by atoms with Crippen LogP contribution >= 0.6 is 35.0 Å². The molecule has 2 aromatic carbocycles. The standard InChI is InChI=1S/C35H49Cl2N3O3SSi/c1-22(2)29-30(32(42)39(23(3)4)20-19-28(41)21-43-45(9,10)34(5,6)7)44-33-38-35(8,25-13-17-27(37)18-14-25)31(40(29)33)24-11-15-26(36)16-12-24/h11-18,22-23,28,31,41H,19-21H2,1-10H3/t28-,31+,35-/m0/s1. The van der Waals surface area contributed by atoms with Crippen molar-refractivity contribution in [1.82, 2.24) is 9.80 Å². The van der Waals surface area contributed by atoms with Crippen molar-refractivity contribution in [2.45, 2.75) is 104 Å². The fourth-order valence-electron chi connectivity index (χ4n) is 5.68. The summed E-state index contributed by atoms with van der Waals surface area (Å²) < 4.78 is 6.27. The largest absolute Gasteiger partial charge is 0.414 e. The van der Waals surface area contributed by atoms with Crippen LogP contribution in [0.1, 0.15) is 79.0 Å². The van der Waals surface area contributed by atoms with Crippen LogP contribution in [0.2, 0.25) is 28.2 Å². The van der Waals surface area contributed by atoms with Crippen molar-refractivity contribution in [3.63, 3.8) is 0 Å². The summed E-state index contributed by atoms with van der Waals surface area (Å²) in [5, 5.41) is 13.1. The first-order valence-corrected chi connectivity index (χ1v) is 20.3. The minimum atomic E-state index is -1.98. The Labute approximate surface area is 285 Å². The minimum absolute atomic E-state index is 0.0311. The fraction of sp³-hybridized carbons (Fsp3) is 0.543. The van der Waals surface area contributed by atoms with Gasteiger partial charge in [0.25, 0.3) is 5.91 Å². The molecule has 0 saturated carbocycles. The van der Waals surface area contributed by atoms with Gasteiger partial charge < -0.3 is 19.3 Å². The second-order valence-corrected chi connectivity index (χ2v) is 21.1.